The first-order valence-electron chi connectivity index (χ1n) is 4.91. The summed E-state index contributed by atoms with van der Waals surface area (Å²) in [6.45, 7) is 1.97. The second kappa shape index (κ2) is 2.74. The molecule has 0 atom stereocenters. The van der Waals surface area contributed by atoms with Crippen LogP contribution >= 0.6 is 0 Å². The van der Waals surface area contributed by atoms with Crippen LogP contribution in [-0.4, -0.2) is 6.10 Å². The molecule has 0 unspecified atom stereocenters. The summed E-state index contributed by atoms with van der Waals surface area (Å²) in [5.41, 5.74) is 2.77. The lowest BCUT2D eigenvalue weighted by Crippen LogP contribution is -2.02. The van der Waals surface area contributed by atoms with Gasteiger partial charge in [-0.25, -0.2) is 0 Å². The maximum atomic E-state index is 5.83. The van der Waals surface area contributed by atoms with Gasteiger partial charge in [0, 0.05) is 18.7 Å². The summed E-state index contributed by atoms with van der Waals surface area (Å²) in [5, 5.41) is 3.34. The van der Waals surface area contributed by atoms with Crippen molar-refractivity contribution in [2.45, 2.75) is 32.0 Å². The molecule has 0 bridgehead atoms. The Labute approximate surface area is 77.9 Å². The molecule has 1 heterocycles. The van der Waals surface area contributed by atoms with Gasteiger partial charge >= 0.3 is 0 Å². The van der Waals surface area contributed by atoms with Crippen molar-refractivity contribution in [3.05, 3.63) is 29.3 Å². The summed E-state index contributed by atoms with van der Waals surface area (Å²) in [7, 11) is 0. The molecule has 3 rings (SSSR count). The van der Waals surface area contributed by atoms with Gasteiger partial charge in [-0.3, -0.25) is 0 Å². The lowest BCUT2D eigenvalue weighted by Gasteiger charge is -2.08. The molecule has 1 fully saturated rings. The number of ether oxygens (including phenoxy) is 1. The molecule has 1 N–H and O–H groups in total. The SMILES string of the molecule is c1cc2c(c(OC3CC3)c1)CNC2. The third-order valence-corrected chi connectivity index (χ3v) is 2.67. The summed E-state index contributed by atoms with van der Waals surface area (Å²) in [6.07, 6.45) is 2.97. The third-order valence-electron chi connectivity index (χ3n) is 2.67. The number of hydrogen-bond acceptors (Lipinski definition) is 2. The Morgan fingerprint density at radius 1 is 1.23 bits per heavy atom. The topological polar surface area (TPSA) is 21.3 Å². The summed E-state index contributed by atoms with van der Waals surface area (Å²) in [6, 6.07) is 6.35. The molecule has 2 nitrogen and oxygen atoms in total. The van der Waals surface area contributed by atoms with Crippen molar-refractivity contribution < 1.29 is 4.74 Å². The predicted molar refractivity (Wildman–Crippen MR) is 50.6 cm³/mol. The summed E-state index contributed by atoms with van der Waals surface area (Å²) < 4.78 is 5.83. The molecule has 1 saturated carbocycles. The number of rotatable bonds is 2. The highest BCUT2D eigenvalue weighted by Crippen LogP contribution is 2.32. The van der Waals surface area contributed by atoms with Crippen molar-refractivity contribution in [2.75, 3.05) is 0 Å². The van der Waals surface area contributed by atoms with Crippen LogP contribution in [0.1, 0.15) is 24.0 Å². The summed E-state index contributed by atoms with van der Waals surface area (Å²) >= 11 is 0. The quantitative estimate of drug-likeness (QED) is 0.740. The van der Waals surface area contributed by atoms with E-state index >= 15 is 0 Å². The fourth-order valence-electron chi connectivity index (χ4n) is 1.78. The summed E-state index contributed by atoms with van der Waals surface area (Å²) in [5.74, 6) is 1.10. The van der Waals surface area contributed by atoms with E-state index in [-0.39, 0.29) is 0 Å². The molecule has 13 heavy (non-hydrogen) atoms. The van der Waals surface area contributed by atoms with Crippen LogP contribution in [0.3, 0.4) is 0 Å². The van der Waals surface area contributed by atoms with E-state index in [2.05, 4.69) is 23.5 Å². The Kier molecular flexibility index (Phi) is 1.56. The smallest absolute Gasteiger partial charge is 0.124 e. The molecular weight excluding hydrogens is 162 g/mol. The first-order chi connectivity index (χ1) is 6.43. The van der Waals surface area contributed by atoms with E-state index in [1.165, 1.54) is 24.0 Å². The molecule has 0 amide bonds. The highest BCUT2D eigenvalue weighted by Gasteiger charge is 2.25. The van der Waals surface area contributed by atoms with Gasteiger partial charge in [-0.2, -0.15) is 0 Å². The molecule has 2 aliphatic rings. The zero-order chi connectivity index (χ0) is 8.67. The van der Waals surface area contributed by atoms with Gasteiger partial charge < -0.3 is 10.1 Å². The molecule has 0 radical (unpaired) electrons. The van der Waals surface area contributed by atoms with E-state index in [1.54, 1.807) is 0 Å². The Hall–Kier alpha value is -1.02. The Morgan fingerprint density at radius 2 is 2.15 bits per heavy atom. The van der Waals surface area contributed by atoms with E-state index in [0.29, 0.717) is 6.10 Å². The molecule has 1 aliphatic carbocycles. The minimum atomic E-state index is 0.507. The Bertz CT molecular complexity index is 331. The minimum Gasteiger partial charge on any atom is -0.490 e. The average Bonchev–Trinajstić information content (AvgIpc) is 2.83. The molecule has 1 aromatic rings. The number of fused-ring (bicyclic) bond motifs is 1. The maximum absolute atomic E-state index is 5.83. The van der Waals surface area contributed by atoms with E-state index in [0.717, 1.165) is 18.8 Å². The van der Waals surface area contributed by atoms with Crippen LogP contribution < -0.4 is 10.1 Å². The zero-order valence-corrected chi connectivity index (χ0v) is 7.55. The van der Waals surface area contributed by atoms with Crippen molar-refractivity contribution >= 4 is 0 Å². The molecule has 0 saturated heterocycles. The maximum Gasteiger partial charge on any atom is 0.124 e. The van der Waals surface area contributed by atoms with E-state index < -0.39 is 0 Å². The fourth-order valence-corrected chi connectivity index (χ4v) is 1.78. The number of benzene rings is 1. The molecule has 1 aliphatic heterocycles. The van der Waals surface area contributed by atoms with Gasteiger partial charge in [-0.15, -0.1) is 0 Å². The van der Waals surface area contributed by atoms with Gasteiger partial charge in [0.25, 0.3) is 0 Å². The van der Waals surface area contributed by atoms with Crippen LogP contribution in [0.2, 0.25) is 0 Å². The molecule has 0 spiro atoms. The largest absolute Gasteiger partial charge is 0.490 e. The number of nitrogens with one attached hydrogen (secondary N) is 1. The van der Waals surface area contributed by atoms with Gasteiger partial charge in [-0.1, -0.05) is 12.1 Å². The van der Waals surface area contributed by atoms with Crippen molar-refractivity contribution in [1.29, 1.82) is 0 Å². The third kappa shape index (κ3) is 1.31. The molecule has 2 heteroatoms. The number of hydrogen-bond donors (Lipinski definition) is 1. The fraction of sp³-hybridized carbons (Fsp3) is 0.455. The van der Waals surface area contributed by atoms with E-state index in [4.69, 9.17) is 4.74 Å². The monoisotopic (exact) mass is 175 g/mol. The van der Waals surface area contributed by atoms with Gasteiger partial charge in [0.2, 0.25) is 0 Å². The molecule has 1 aromatic carbocycles. The van der Waals surface area contributed by atoms with Crippen molar-refractivity contribution in [2.24, 2.45) is 0 Å². The summed E-state index contributed by atoms with van der Waals surface area (Å²) in [4.78, 5) is 0. The van der Waals surface area contributed by atoms with E-state index in [9.17, 15) is 0 Å². The van der Waals surface area contributed by atoms with Crippen LogP contribution in [-0.2, 0) is 13.1 Å². The van der Waals surface area contributed by atoms with Crippen LogP contribution in [0.4, 0.5) is 0 Å². The van der Waals surface area contributed by atoms with Crippen LogP contribution in [0.5, 0.6) is 5.75 Å². The molecular formula is C11H13NO. The average molecular weight is 175 g/mol. The minimum absolute atomic E-state index is 0.507. The first kappa shape index (κ1) is 7.39. The normalized spacial score (nSPS) is 20.0. The van der Waals surface area contributed by atoms with Crippen molar-refractivity contribution in [3.63, 3.8) is 0 Å². The Balaban J connectivity index is 1.94. The van der Waals surface area contributed by atoms with Crippen LogP contribution in [0.15, 0.2) is 18.2 Å². The van der Waals surface area contributed by atoms with Gasteiger partial charge in [0.15, 0.2) is 0 Å². The first-order valence-corrected chi connectivity index (χ1v) is 4.91. The van der Waals surface area contributed by atoms with E-state index in [1.807, 2.05) is 0 Å². The highest BCUT2D eigenvalue weighted by molar-refractivity contribution is 5.42. The molecule has 68 valence electrons. The standard InChI is InChI=1S/C11H13NO/c1-2-8-6-12-7-10(8)11(3-1)13-9-4-5-9/h1-3,9,12H,4-7H2. The van der Waals surface area contributed by atoms with Crippen LogP contribution in [0.25, 0.3) is 0 Å². The highest BCUT2D eigenvalue weighted by atomic mass is 16.5. The van der Waals surface area contributed by atoms with Crippen molar-refractivity contribution in [1.82, 2.24) is 5.32 Å². The second-order valence-corrected chi connectivity index (χ2v) is 3.81. The van der Waals surface area contributed by atoms with Gasteiger partial charge in [0.05, 0.1) is 6.10 Å². The predicted octanol–water partition coefficient (Wildman–Crippen LogP) is 1.83. The second-order valence-electron chi connectivity index (χ2n) is 3.81. The Morgan fingerprint density at radius 3 is 3.00 bits per heavy atom. The molecule has 0 aromatic heterocycles. The lowest BCUT2D eigenvalue weighted by molar-refractivity contribution is 0.300. The zero-order valence-electron chi connectivity index (χ0n) is 7.55. The van der Waals surface area contributed by atoms with Crippen molar-refractivity contribution in [3.8, 4) is 5.75 Å². The van der Waals surface area contributed by atoms with Gasteiger partial charge in [0.1, 0.15) is 5.75 Å². The lowest BCUT2D eigenvalue weighted by atomic mass is 10.1. The van der Waals surface area contributed by atoms with Gasteiger partial charge in [-0.05, 0) is 24.5 Å². The van der Waals surface area contributed by atoms with Crippen LogP contribution in [0, 0.1) is 0 Å².